The van der Waals surface area contributed by atoms with Crippen LogP contribution in [0.5, 0.6) is 5.88 Å². The average molecular weight is 401 g/mol. The molecule has 0 saturated heterocycles. The summed E-state index contributed by atoms with van der Waals surface area (Å²) in [6.45, 7) is 7.06. The second-order valence-corrected chi connectivity index (χ2v) is 9.81. The summed E-state index contributed by atoms with van der Waals surface area (Å²) in [7, 11) is -3.13. The monoisotopic (exact) mass is 400 g/mol. The van der Waals surface area contributed by atoms with E-state index in [0.717, 1.165) is 0 Å². The van der Waals surface area contributed by atoms with Crippen molar-refractivity contribution < 1.29 is 18.3 Å². The number of hydrogen-bond acceptors (Lipinski definition) is 6. The van der Waals surface area contributed by atoms with E-state index in [4.69, 9.17) is 16.3 Å². The maximum absolute atomic E-state index is 11.6. The number of sulfone groups is 1. The summed E-state index contributed by atoms with van der Waals surface area (Å²) in [6.07, 6.45) is 4.84. The van der Waals surface area contributed by atoms with Crippen molar-refractivity contribution in [3.8, 4) is 5.88 Å². The van der Waals surface area contributed by atoms with Crippen molar-refractivity contribution in [1.82, 2.24) is 9.97 Å². The van der Waals surface area contributed by atoms with Gasteiger partial charge in [-0.25, -0.2) is 18.4 Å². The lowest BCUT2D eigenvalue weighted by atomic mass is 9.91. The van der Waals surface area contributed by atoms with Gasteiger partial charge < -0.3 is 9.84 Å². The maximum atomic E-state index is 11.6. The summed E-state index contributed by atoms with van der Waals surface area (Å²) in [5.74, 6) is 0.341. The fourth-order valence-corrected chi connectivity index (χ4v) is 3.46. The number of aromatic nitrogens is 2. The van der Waals surface area contributed by atoms with Gasteiger partial charge in [-0.15, -0.1) is 0 Å². The summed E-state index contributed by atoms with van der Waals surface area (Å²) in [5, 5.41) is 11.8. The molecular weight excluding hydrogens is 376 g/mol. The van der Waals surface area contributed by atoms with E-state index in [1.807, 2.05) is 6.92 Å². The number of nitrogens with zero attached hydrogens (tertiary/aromatic N) is 2. The van der Waals surface area contributed by atoms with Gasteiger partial charge in [0, 0.05) is 30.6 Å². The quantitative estimate of drug-likeness (QED) is 0.715. The number of halogens is 1. The molecule has 2 aromatic heterocycles. The lowest BCUT2D eigenvalue weighted by molar-refractivity contribution is 0.0542. The van der Waals surface area contributed by atoms with Crippen LogP contribution in [0.25, 0.3) is 10.8 Å². The van der Waals surface area contributed by atoms with Gasteiger partial charge >= 0.3 is 0 Å². The van der Waals surface area contributed by atoms with Crippen molar-refractivity contribution in [2.24, 2.45) is 0 Å². The largest absolute Gasteiger partial charge is 0.474 e. The Morgan fingerprint density at radius 1 is 1.27 bits per heavy atom. The topological polar surface area (TPSA) is 89.4 Å². The number of fused-ring (bicyclic) bond motifs is 1. The van der Waals surface area contributed by atoms with Crippen LogP contribution in [0.3, 0.4) is 0 Å². The van der Waals surface area contributed by atoms with Crippen molar-refractivity contribution in [3.63, 3.8) is 0 Å². The van der Waals surface area contributed by atoms with Crippen molar-refractivity contribution in [2.45, 2.75) is 57.5 Å². The first-order valence-electron chi connectivity index (χ1n) is 8.48. The van der Waals surface area contributed by atoms with Gasteiger partial charge in [-0.05, 0) is 38.6 Å². The summed E-state index contributed by atoms with van der Waals surface area (Å²) in [5.41, 5.74) is -0.422. The zero-order chi connectivity index (χ0) is 19.7. The molecule has 0 aromatic carbocycles. The van der Waals surface area contributed by atoms with Crippen molar-refractivity contribution in [1.29, 1.82) is 0 Å². The summed E-state index contributed by atoms with van der Waals surface area (Å²) in [4.78, 5) is 8.44. The van der Waals surface area contributed by atoms with Crippen LogP contribution in [0.1, 0.15) is 46.1 Å². The smallest absolute Gasteiger partial charge is 0.223 e. The van der Waals surface area contributed by atoms with Crippen LogP contribution >= 0.6 is 11.6 Å². The van der Waals surface area contributed by atoms with Gasteiger partial charge in [0.25, 0.3) is 0 Å². The van der Waals surface area contributed by atoms with Crippen LogP contribution in [-0.2, 0) is 15.4 Å². The van der Waals surface area contributed by atoms with E-state index in [0.29, 0.717) is 40.2 Å². The van der Waals surface area contributed by atoms with Gasteiger partial charge in [0.2, 0.25) is 5.88 Å². The molecule has 3 atom stereocenters. The zero-order valence-electron chi connectivity index (χ0n) is 15.7. The van der Waals surface area contributed by atoms with E-state index in [1.165, 1.54) is 6.26 Å². The van der Waals surface area contributed by atoms with Gasteiger partial charge in [-0.2, -0.15) is 0 Å². The van der Waals surface area contributed by atoms with Gasteiger partial charge in [0.1, 0.15) is 15.0 Å². The molecule has 0 unspecified atom stereocenters. The highest BCUT2D eigenvalue weighted by atomic mass is 35.5. The molecule has 8 heteroatoms. The van der Waals surface area contributed by atoms with Gasteiger partial charge in [0.15, 0.2) is 0 Å². The van der Waals surface area contributed by atoms with Crippen LogP contribution in [-0.4, -0.2) is 41.1 Å². The molecule has 0 spiro atoms. The molecule has 0 amide bonds. The molecule has 0 aliphatic carbocycles. The molecule has 144 valence electrons. The van der Waals surface area contributed by atoms with E-state index in [9.17, 15) is 13.5 Å². The first kappa shape index (κ1) is 20.9. The Morgan fingerprint density at radius 2 is 1.92 bits per heavy atom. The zero-order valence-corrected chi connectivity index (χ0v) is 17.2. The van der Waals surface area contributed by atoms with Gasteiger partial charge in [0.05, 0.1) is 22.3 Å². The number of rotatable bonds is 7. The molecule has 0 aliphatic heterocycles. The van der Waals surface area contributed by atoms with Gasteiger partial charge in [-0.3, -0.25) is 0 Å². The Morgan fingerprint density at radius 3 is 2.50 bits per heavy atom. The predicted octanol–water partition coefficient (Wildman–Crippen LogP) is 3.49. The van der Waals surface area contributed by atoms with E-state index < -0.39 is 20.7 Å². The Hall–Kier alpha value is -1.44. The minimum absolute atomic E-state index is 0.307. The second-order valence-electron chi connectivity index (χ2n) is 6.96. The van der Waals surface area contributed by atoms with Crippen LogP contribution < -0.4 is 4.74 Å². The van der Waals surface area contributed by atoms with Crippen LogP contribution in [0.15, 0.2) is 18.5 Å². The lowest BCUT2D eigenvalue weighted by Crippen LogP contribution is -2.25. The third kappa shape index (κ3) is 4.64. The number of aliphatic hydroxyl groups is 1. The van der Waals surface area contributed by atoms with Crippen LogP contribution in [0, 0.1) is 0 Å². The molecule has 2 aromatic rings. The standard InChI is InChI=1S/C18H25ClN2O4S/c1-6-18(4,22)15-10-21-17(14-9-20-16(19)8-13(14)15)25-11(2)7-12(3)26(5,23)24/h8-12,22H,6-7H2,1-5H3/t11-,12-,18+/m1/s1. The Bertz CT molecular complexity index is 899. The van der Waals surface area contributed by atoms with Crippen LogP contribution in [0.2, 0.25) is 5.15 Å². The molecule has 6 nitrogen and oxygen atoms in total. The third-order valence-electron chi connectivity index (χ3n) is 4.68. The molecule has 0 fully saturated rings. The molecule has 26 heavy (non-hydrogen) atoms. The van der Waals surface area contributed by atoms with E-state index in [2.05, 4.69) is 9.97 Å². The first-order chi connectivity index (χ1) is 12.0. The average Bonchev–Trinajstić information content (AvgIpc) is 2.53. The Balaban J connectivity index is 2.42. The van der Waals surface area contributed by atoms with Crippen LogP contribution in [0.4, 0.5) is 0 Å². The minimum Gasteiger partial charge on any atom is -0.474 e. The molecule has 0 aliphatic rings. The number of hydrogen-bond donors (Lipinski definition) is 1. The van der Waals surface area contributed by atoms with E-state index in [1.54, 1.807) is 39.2 Å². The summed E-state index contributed by atoms with van der Waals surface area (Å²) < 4.78 is 29.2. The Kier molecular flexibility index (Phi) is 6.15. The third-order valence-corrected chi connectivity index (χ3v) is 6.54. The van der Waals surface area contributed by atoms with E-state index in [-0.39, 0.29) is 6.10 Å². The fourth-order valence-electron chi connectivity index (χ4n) is 2.68. The first-order valence-corrected chi connectivity index (χ1v) is 10.8. The highest BCUT2D eigenvalue weighted by Crippen LogP contribution is 2.35. The summed E-state index contributed by atoms with van der Waals surface area (Å²) >= 11 is 6.04. The van der Waals surface area contributed by atoms with Crippen molar-refractivity contribution >= 4 is 32.2 Å². The SMILES string of the molecule is CC[C@](C)(O)c1cnc(O[C@H](C)C[C@@H](C)S(C)(=O)=O)c2cnc(Cl)cc12. The molecular formula is C18H25ClN2O4S. The number of pyridine rings is 2. The fraction of sp³-hybridized carbons (Fsp3) is 0.556. The molecule has 1 N–H and O–H groups in total. The Labute approximate surface area is 159 Å². The molecule has 2 rings (SSSR count). The molecule has 0 bridgehead atoms. The highest BCUT2D eigenvalue weighted by molar-refractivity contribution is 7.91. The second kappa shape index (κ2) is 7.66. The maximum Gasteiger partial charge on any atom is 0.223 e. The van der Waals surface area contributed by atoms with Crippen molar-refractivity contribution in [2.75, 3.05) is 6.26 Å². The molecule has 2 heterocycles. The molecule has 0 radical (unpaired) electrons. The van der Waals surface area contributed by atoms with Gasteiger partial charge in [-0.1, -0.05) is 18.5 Å². The minimum atomic E-state index is -3.13. The normalized spacial score (nSPS) is 16.9. The molecule has 0 saturated carbocycles. The predicted molar refractivity (Wildman–Crippen MR) is 103 cm³/mol. The summed E-state index contributed by atoms with van der Waals surface area (Å²) in [6, 6.07) is 1.68. The van der Waals surface area contributed by atoms with E-state index >= 15 is 0 Å². The highest BCUT2D eigenvalue weighted by Gasteiger charge is 2.26. The number of ether oxygens (including phenoxy) is 1. The van der Waals surface area contributed by atoms with Crippen molar-refractivity contribution in [3.05, 3.63) is 29.2 Å². The lowest BCUT2D eigenvalue weighted by Gasteiger charge is -2.24.